The molecule has 3 heterocycles. The fourth-order valence-electron chi connectivity index (χ4n) is 8.59. The molecule has 3 fully saturated rings. The van der Waals surface area contributed by atoms with Crippen LogP contribution in [0, 0.1) is 17.7 Å². The lowest BCUT2D eigenvalue weighted by atomic mass is 10.0. The maximum atomic E-state index is 14.5. The van der Waals surface area contributed by atoms with Crippen molar-refractivity contribution in [3.63, 3.8) is 0 Å². The zero-order valence-corrected chi connectivity index (χ0v) is 33.2. The van der Waals surface area contributed by atoms with Crippen molar-refractivity contribution in [3.05, 3.63) is 72.1 Å². The Kier molecular flexibility index (Phi) is 12.4. The van der Waals surface area contributed by atoms with Gasteiger partial charge in [0.25, 0.3) is 15.9 Å². The van der Waals surface area contributed by atoms with Crippen molar-refractivity contribution in [3.8, 4) is 0 Å². The van der Waals surface area contributed by atoms with E-state index in [0.29, 0.717) is 42.6 Å². The lowest BCUT2D eigenvalue weighted by molar-refractivity contribution is -0.143. The summed E-state index contributed by atoms with van der Waals surface area (Å²) in [5, 5.41) is 8.73. The fraction of sp³-hybridized carbons (Fsp3) is 0.537. The second-order valence-electron chi connectivity index (χ2n) is 16.0. The van der Waals surface area contributed by atoms with Crippen LogP contribution in [0.4, 0.5) is 14.9 Å². The largest absolute Gasteiger partial charge is 0.444 e. The Morgan fingerprint density at radius 2 is 1.83 bits per heavy atom. The van der Waals surface area contributed by atoms with Crippen LogP contribution < -0.4 is 20.7 Å². The lowest BCUT2D eigenvalue weighted by Crippen LogP contribution is -2.58. The van der Waals surface area contributed by atoms with Gasteiger partial charge in [-0.15, -0.1) is 6.58 Å². The molecule has 2 aromatic carbocycles. The number of amides is 5. The van der Waals surface area contributed by atoms with E-state index in [2.05, 4.69) is 27.3 Å². The van der Waals surface area contributed by atoms with E-state index in [1.54, 1.807) is 30.3 Å². The molecular weight excluding hydrogens is 772 g/mol. The van der Waals surface area contributed by atoms with Gasteiger partial charge >= 0.3 is 6.09 Å². The van der Waals surface area contributed by atoms with Crippen LogP contribution in [-0.2, 0) is 51.8 Å². The van der Waals surface area contributed by atoms with Crippen LogP contribution in [0.5, 0.6) is 0 Å². The van der Waals surface area contributed by atoms with E-state index in [9.17, 15) is 36.8 Å². The number of benzene rings is 2. The van der Waals surface area contributed by atoms with Crippen LogP contribution in [0.1, 0.15) is 75.3 Å². The summed E-state index contributed by atoms with van der Waals surface area (Å²) in [6.07, 6.45) is 5.68. The Morgan fingerprint density at radius 1 is 1.03 bits per heavy atom. The number of halogens is 1. The molecule has 15 nitrogen and oxygen atoms in total. The summed E-state index contributed by atoms with van der Waals surface area (Å²) in [5.74, 6) is -3.59. The van der Waals surface area contributed by atoms with Crippen molar-refractivity contribution in [2.75, 3.05) is 31.6 Å². The van der Waals surface area contributed by atoms with E-state index in [1.807, 2.05) is 0 Å². The lowest BCUT2D eigenvalue weighted by Gasteiger charge is -2.30. The molecule has 0 unspecified atom stereocenters. The second-order valence-corrected chi connectivity index (χ2v) is 17.6. The molecule has 7 rings (SSSR count). The number of hydrogen-bond donors (Lipinski definition) is 4. The van der Waals surface area contributed by atoms with E-state index in [-0.39, 0.29) is 68.8 Å². The molecule has 1 spiro atoms. The molecule has 58 heavy (non-hydrogen) atoms. The number of nitrogens with one attached hydrogen (secondary N) is 4. The van der Waals surface area contributed by atoms with Gasteiger partial charge in [0.1, 0.15) is 34.4 Å². The van der Waals surface area contributed by atoms with Crippen molar-refractivity contribution in [2.45, 2.75) is 106 Å². The summed E-state index contributed by atoms with van der Waals surface area (Å²) >= 11 is 0. The number of sulfonamides is 1. The molecule has 2 aliphatic carbocycles. The first kappa shape index (κ1) is 41.1. The normalized spacial score (nSPS) is 28.0. The van der Waals surface area contributed by atoms with Crippen molar-refractivity contribution >= 4 is 45.4 Å². The van der Waals surface area contributed by atoms with E-state index < -0.39 is 69.3 Å². The van der Waals surface area contributed by atoms with E-state index in [4.69, 9.17) is 9.47 Å². The molecule has 5 atom stereocenters. The number of ether oxygens (including phenoxy) is 2. The Bertz CT molecular complexity index is 2040. The third-order valence-electron chi connectivity index (χ3n) is 11.9. The molecule has 2 saturated carbocycles. The molecule has 1 saturated heterocycles. The first-order valence-corrected chi connectivity index (χ1v) is 21.6. The Morgan fingerprint density at radius 3 is 2.59 bits per heavy atom. The maximum absolute atomic E-state index is 14.5. The van der Waals surface area contributed by atoms with Crippen molar-refractivity contribution in [1.29, 1.82) is 0 Å². The highest BCUT2D eigenvalue weighted by molar-refractivity contribution is 7.90. The predicted octanol–water partition coefficient (Wildman–Crippen LogP) is 3.49. The third kappa shape index (κ3) is 8.99. The van der Waals surface area contributed by atoms with Gasteiger partial charge in [-0.05, 0) is 68.2 Å². The Hall–Kier alpha value is -5.03. The first-order valence-electron chi connectivity index (χ1n) is 20.1. The van der Waals surface area contributed by atoms with E-state index in [1.165, 1.54) is 28.0 Å². The Labute approximate surface area is 337 Å². The molecule has 0 radical (unpaired) electrons. The number of fused-ring (bicyclic) bond motifs is 3. The minimum atomic E-state index is -4.42. The zero-order chi connectivity index (χ0) is 41.0. The average Bonchev–Trinajstić information content (AvgIpc) is 3.59. The molecule has 3 aliphatic heterocycles. The molecule has 4 N–H and O–H groups in total. The van der Waals surface area contributed by atoms with Gasteiger partial charge in [0, 0.05) is 44.0 Å². The summed E-state index contributed by atoms with van der Waals surface area (Å²) in [4.78, 5) is 72.1. The first-order chi connectivity index (χ1) is 27.9. The van der Waals surface area contributed by atoms with Gasteiger partial charge in [-0.2, -0.15) is 0 Å². The van der Waals surface area contributed by atoms with Crippen LogP contribution in [-0.4, -0.2) is 98.0 Å². The summed E-state index contributed by atoms with van der Waals surface area (Å²) in [5.41, 5.74) is -0.379. The molecule has 0 aromatic heterocycles. The molecule has 2 aromatic rings. The summed E-state index contributed by atoms with van der Waals surface area (Å²) in [7, 11) is -4.42. The van der Waals surface area contributed by atoms with Crippen molar-refractivity contribution < 1.29 is 46.3 Å². The van der Waals surface area contributed by atoms with Crippen molar-refractivity contribution in [1.82, 2.24) is 25.2 Å². The number of carbonyl (C=O) groups excluding carboxylic acids is 5. The quantitative estimate of drug-likeness (QED) is 0.325. The predicted molar refractivity (Wildman–Crippen MR) is 209 cm³/mol. The maximum Gasteiger partial charge on any atom is 0.410 e. The minimum absolute atomic E-state index is 0.0173. The minimum Gasteiger partial charge on any atom is -0.444 e. The zero-order valence-electron chi connectivity index (χ0n) is 32.4. The highest BCUT2D eigenvalue weighted by Gasteiger charge is 2.61. The monoisotopic (exact) mass is 822 g/mol. The van der Waals surface area contributed by atoms with Gasteiger partial charge < -0.3 is 30.3 Å². The highest BCUT2D eigenvalue weighted by atomic mass is 32.2. The van der Waals surface area contributed by atoms with Gasteiger partial charge in [-0.1, -0.05) is 43.2 Å². The summed E-state index contributed by atoms with van der Waals surface area (Å²) < 4.78 is 55.9. The van der Waals surface area contributed by atoms with Gasteiger partial charge in [-0.3, -0.25) is 24.1 Å². The van der Waals surface area contributed by atoms with Crippen LogP contribution in [0.3, 0.4) is 0 Å². The van der Waals surface area contributed by atoms with Gasteiger partial charge in [0.05, 0.1) is 25.4 Å². The summed E-state index contributed by atoms with van der Waals surface area (Å²) in [6, 6.07) is 8.33. The van der Waals surface area contributed by atoms with E-state index >= 15 is 0 Å². The van der Waals surface area contributed by atoms with Gasteiger partial charge in [0.2, 0.25) is 17.7 Å². The summed E-state index contributed by atoms with van der Waals surface area (Å²) in [6.45, 7) is 4.18. The molecule has 17 heteroatoms. The standard InChI is InChI=1S/C41H51FN6O9S/c1-2-28-21-41(28)39(52)46-58(54,55)35-16-7-6-15-32(35)43-17-8-3-9-18-56-25-33(44-36(49)19-26-11-4-5-12-26)38(51)48-23-29(20-34(48)37(50)45-41)57-40(53)47-22-27-13-10-14-31(42)30(27)24-47/h2,6-7,10,13-16,26,28-29,33-34,43H,1,3-5,8-9,11-12,17-25H2,(H,44,49)(H,45,50)(H,46,52)/t28-,29-,33+,34+,41-/m1/s1. The second kappa shape index (κ2) is 17.4. The van der Waals surface area contributed by atoms with Crippen LogP contribution in [0.25, 0.3) is 0 Å². The van der Waals surface area contributed by atoms with Crippen molar-refractivity contribution in [2.24, 2.45) is 11.8 Å². The fourth-order valence-corrected chi connectivity index (χ4v) is 9.81. The molecular formula is C41H51FN6O9S. The smallest absolute Gasteiger partial charge is 0.410 e. The molecule has 5 aliphatic rings. The number of nitrogens with zero attached hydrogens (tertiary/aromatic N) is 2. The topological polar surface area (TPSA) is 193 Å². The highest BCUT2D eigenvalue weighted by Crippen LogP contribution is 2.45. The third-order valence-corrected chi connectivity index (χ3v) is 13.3. The average molecular weight is 823 g/mol. The van der Waals surface area contributed by atoms with Crippen LogP contribution in [0.2, 0.25) is 0 Å². The SMILES string of the molecule is C=C[C@@H]1C[C@@]12NC(=O)[C@@H]1C[C@@H](OC(=O)N3Cc4cccc(F)c4C3)CN1C(=O)[C@@H](NC(=O)CC1CCCC1)COCCCCCNc1ccccc1S(=O)(=O)NC2=O. The van der Waals surface area contributed by atoms with Gasteiger partial charge in [0.15, 0.2) is 0 Å². The number of carbonyl (C=O) groups is 5. The molecule has 5 amide bonds. The number of rotatable bonds is 5. The number of hydrogen-bond acceptors (Lipinski definition) is 10. The Balaban J connectivity index is 1.16. The molecule has 0 bridgehead atoms. The number of para-hydroxylation sites is 1. The van der Waals surface area contributed by atoms with Crippen LogP contribution in [0.15, 0.2) is 60.0 Å². The van der Waals surface area contributed by atoms with E-state index in [0.717, 1.165) is 25.7 Å². The van der Waals surface area contributed by atoms with Gasteiger partial charge in [-0.25, -0.2) is 22.3 Å². The number of anilines is 1. The van der Waals surface area contributed by atoms with Crippen LogP contribution >= 0.6 is 0 Å². The molecule has 312 valence electrons.